The summed E-state index contributed by atoms with van der Waals surface area (Å²) in [7, 11) is 0. The number of carbonyl (C=O) groups is 1. The summed E-state index contributed by atoms with van der Waals surface area (Å²) in [4.78, 5) is 11.3. The third-order valence-electron chi connectivity index (χ3n) is 4.57. The summed E-state index contributed by atoms with van der Waals surface area (Å²) < 4.78 is 0. The predicted molar refractivity (Wildman–Crippen MR) is 83.1 cm³/mol. The average Bonchev–Trinajstić information content (AvgIpc) is 2.73. The molecule has 0 radical (unpaired) electrons. The number of rotatable bonds is 3. The van der Waals surface area contributed by atoms with Crippen LogP contribution in [0.25, 0.3) is 0 Å². The van der Waals surface area contributed by atoms with E-state index in [0.717, 1.165) is 24.6 Å². The van der Waals surface area contributed by atoms with Gasteiger partial charge in [-0.15, -0.1) is 0 Å². The summed E-state index contributed by atoms with van der Waals surface area (Å²) in [5.41, 5.74) is 3.45. The molecule has 3 rings (SSSR count). The van der Waals surface area contributed by atoms with Crippen LogP contribution in [-0.4, -0.2) is 12.5 Å². The summed E-state index contributed by atoms with van der Waals surface area (Å²) in [6, 6.07) is 6.31. The van der Waals surface area contributed by atoms with Gasteiger partial charge in [0.25, 0.3) is 0 Å². The number of carbonyl (C=O) groups excluding carboxylic acids is 1. The Hall–Kier alpha value is -1.51. The third-order valence-corrected chi connectivity index (χ3v) is 4.57. The van der Waals surface area contributed by atoms with Gasteiger partial charge in [-0.25, -0.2) is 0 Å². The number of amides is 1. The first-order valence-corrected chi connectivity index (χ1v) is 7.98. The number of hydrogen-bond acceptors (Lipinski definition) is 2. The van der Waals surface area contributed by atoms with Gasteiger partial charge in [0, 0.05) is 24.3 Å². The van der Waals surface area contributed by atoms with Gasteiger partial charge in [0.1, 0.15) is 0 Å². The van der Waals surface area contributed by atoms with Crippen LogP contribution in [0.4, 0.5) is 11.4 Å². The van der Waals surface area contributed by atoms with Crippen molar-refractivity contribution in [1.29, 1.82) is 0 Å². The number of anilines is 2. The van der Waals surface area contributed by atoms with Crippen LogP contribution in [0.15, 0.2) is 18.2 Å². The van der Waals surface area contributed by atoms with E-state index in [9.17, 15) is 4.79 Å². The monoisotopic (exact) mass is 272 g/mol. The van der Waals surface area contributed by atoms with E-state index < -0.39 is 0 Å². The SMILES string of the molecule is O=C1CCc2cc(NCC3CCCCCC3)ccc2N1. The molecule has 1 aliphatic heterocycles. The second kappa shape index (κ2) is 6.29. The molecule has 108 valence electrons. The standard InChI is InChI=1S/C17H24N2O/c20-17-10-7-14-11-15(8-9-16(14)19-17)18-12-13-5-3-1-2-4-6-13/h8-9,11,13,18H,1-7,10,12H2,(H,19,20). The van der Waals surface area contributed by atoms with E-state index in [2.05, 4.69) is 22.8 Å². The van der Waals surface area contributed by atoms with Crippen LogP contribution in [-0.2, 0) is 11.2 Å². The Labute approximate surface area is 121 Å². The molecule has 1 saturated carbocycles. The molecule has 1 aromatic carbocycles. The zero-order valence-electron chi connectivity index (χ0n) is 12.1. The maximum absolute atomic E-state index is 11.3. The fourth-order valence-electron chi connectivity index (χ4n) is 3.32. The van der Waals surface area contributed by atoms with E-state index in [0.29, 0.717) is 6.42 Å². The van der Waals surface area contributed by atoms with E-state index in [4.69, 9.17) is 0 Å². The van der Waals surface area contributed by atoms with Crippen molar-refractivity contribution in [2.24, 2.45) is 5.92 Å². The smallest absolute Gasteiger partial charge is 0.224 e. The molecule has 3 heteroatoms. The van der Waals surface area contributed by atoms with Crippen molar-refractivity contribution in [2.45, 2.75) is 51.4 Å². The van der Waals surface area contributed by atoms with Gasteiger partial charge >= 0.3 is 0 Å². The number of nitrogens with one attached hydrogen (secondary N) is 2. The van der Waals surface area contributed by atoms with Gasteiger partial charge in [0.05, 0.1) is 0 Å². The van der Waals surface area contributed by atoms with Gasteiger partial charge in [-0.05, 0) is 48.9 Å². The van der Waals surface area contributed by atoms with Crippen molar-refractivity contribution >= 4 is 17.3 Å². The molecule has 0 saturated heterocycles. The van der Waals surface area contributed by atoms with Gasteiger partial charge in [0.2, 0.25) is 5.91 Å². The Morgan fingerprint density at radius 1 is 1.10 bits per heavy atom. The molecule has 3 nitrogen and oxygen atoms in total. The molecule has 1 fully saturated rings. The van der Waals surface area contributed by atoms with Crippen LogP contribution < -0.4 is 10.6 Å². The second-order valence-electron chi connectivity index (χ2n) is 6.16. The summed E-state index contributed by atoms with van der Waals surface area (Å²) in [5.74, 6) is 0.963. The van der Waals surface area contributed by atoms with Gasteiger partial charge in [0.15, 0.2) is 0 Å². The van der Waals surface area contributed by atoms with Crippen LogP contribution >= 0.6 is 0 Å². The van der Waals surface area contributed by atoms with Gasteiger partial charge in [-0.2, -0.15) is 0 Å². The zero-order valence-corrected chi connectivity index (χ0v) is 12.1. The average molecular weight is 272 g/mol. The number of benzene rings is 1. The first-order valence-electron chi connectivity index (χ1n) is 7.98. The summed E-state index contributed by atoms with van der Waals surface area (Å²) in [6.07, 6.45) is 9.82. The zero-order chi connectivity index (χ0) is 13.8. The lowest BCUT2D eigenvalue weighted by molar-refractivity contribution is -0.116. The summed E-state index contributed by atoms with van der Waals surface area (Å²) >= 11 is 0. The molecule has 0 spiro atoms. The lowest BCUT2D eigenvalue weighted by atomic mass is 9.99. The van der Waals surface area contributed by atoms with E-state index in [-0.39, 0.29) is 5.91 Å². The van der Waals surface area contributed by atoms with Crippen molar-refractivity contribution in [3.8, 4) is 0 Å². The van der Waals surface area contributed by atoms with Crippen molar-refractivity contribution in [3.05, 3.63) is 23.8 Å². The van der Waals surface area contributed by atoms with E-state index in [1.165, 1.54) is 49.8 Å². The molecule has 0 aromatic heterocycles. The molecule has 20 heavy (non-hydrogen) atoms. The molecule has 0 unspecified atom stereocenters. The minimum Gasteiger partial charge on any atom is -0.385 e. The Kier molecular flexibility index (Phi) is 4.24. The van der Waals surface area contributed by atoms with Crippen LogP contribution in [0.2, 0.25) is 0 Å². The first-order chi connectivity index (χ1) is 9.81. The third kappa shape index (κ3) is 3.33. The van der Waals surface area contributed by atoms with Crippen molar-refractivity contribution in [3.63, 3.8) is 0 Å². The van der Waals surface area contributed by atoms with Crippen LogP contribution in [0.3, 0.4) is 0 Å². The Balaban J connectivity index is 1.59. The highest BCUT2D eigenvalue weighted by Gasteiger charge is 2.15. The maximum atomic E-state index is 11.3. The quantitative estimate of drug-likeness (QED) is 0.818. The fraction of sp³-hybridized carbons (Fsp3) is 0.588. The van der Waals surface area contributed by atoms with Gasteiger partial charge < -0.3 is 10.6 Å². The Morgan fingerprint density at radius 3 is 2.70 bits per heavy atom. The van der Waals surface area contributed by atoms with E-state index in [1.54, 1.807) is 0 Å². The molecule has 1 amide bonds. The van der Waals surface area contributed by atoms with Gasteiger partial charge in [-0.3, -0.25) is 4.79 Å². The predicted octanol–water partition coefficient (Wildman–Crippen LogP) is 3.95. The Bertz CT molecular complexity index is 476. The number of aryl methyl sites for hydroxylation is 1. The molecule has 1 aromatic rings. The highest BCUT2D eigenvalue weighted by molar-refractivity contribution is 5.94. The van der Waals surface area contributed by atoms with Crippen molar-refractivity contribution in [1.82, 2.24) is 0 Å². The maximum Gasteiger partial charge on any atom is 0.224 e. The molecule has 0 atom stereocenters. The molecule has 2 N–H and O–H groups in total. The summed E-state index contributed by atoms with van der Waals surface area (Å²) in [6.45, 7) is 1.09. The minimum absolute atomic E-state index is 0.136. The van der Waals surface area contributed by atoms with Crippen LogP contribution in [0.1, 0.15) is 50.5 Å². The van der Waals surface area contributed by atoms with Crippen LogP contribution in [0, 0.1) is 5.92 Å². The Morgan fingerprint density at radius 2 is 1.90 bits per heavy atom. The van der Waals surface area contributed by atoms with E-state index >= 15 is 0 Å². The van der Waals surface area contributed by atoms with Crippen LogP contribution in [0.5, 0.6) is 0 Å². The molecule has 0 bridgehead atoms. The summed E-state index contributed by atoms with van der Waals surface area (Å²) in [5, 5.41) is 6.52. The molecular weight excluding hydrogens is 248 g/mol. The lowest BCUT2D eigenvalue weighted by Crippen LogP contribution is -2.19. The molecule has 1 aliphatic carbocycles. The van der Waals surface area contributed by atoms with Crippen molar-refractivity contribution in [2.75, 3.05) is 17.2 Å². The fourth-order valence-corrected chi connectivity index (χ4v) is 3.32. The minimum atomic E-state index is 0.136. The normalized spacial score (nSPS) is 19.9. The topological polar surface area (TPSA) is 41.1 Å². The highest BCUT2D eigenvalue weighted by atomic mass is 16.1. The van der Waals surface area contributed by atoms with E-state index in [1.807, 2.05) is 6.07 Å². The highest BCUT2D eigenvalue weighted by Crippen LogP contribution is 2.27. The first kappa shape index (κ1) is 13.5. The number of fused-ring (bicyclic) bond motifs is 1. The molecule has 1 heterocycles. The lowest BCUT2D eigenvalue weighted by Gasteiger charge is -2.20. The van der Waals surface area contributed by atoms with Crippen molar-refractivity contribution < 1.29 is 4.79 Å². The molecular formula is C17H24N2O. The number of hydrogen-bond donors (Lipinski definition) is 2. The largest absolute Gasteiger partial charge is 0.385 e. The van der Waals surface area contributed by atoms with Gasteiger partial charge in [-0.1, -0.05) is 25.7 Å². The molecule has 2 aliphatic rings. The second-order valence-corrected chi connectivity index (χ2v) is 6.16.